The molecule has 116 valence electrons. The highest BCUT2D eigenvalue weighted by Gasteiger charge is 2.44. The van der Waals surface area contributed by atoms with Gasteiger partial charge in [-0.2, -0.15) is 0 Å². The summed E-state index contributed by atoms with van der Waals surface area (Å²) >= 11 is 0. The maximum absolute atomic E-state index is 10.8. The largest absolute Gasteiger partial charge is 0.481 e. The van der Waals surface area contributed by atoms with Crippen LogP contribution in [0.1, 0.15) is 65.7 Å². The quantitative estimate of drug-likeness (QED) is 0.805. The van der Waals surface area contributed by atoms with Crippen molar-refractivity contribution >= 4 is 5.97 Å². The molecule has 3 heteroatoms. The van der Waals surface area contributed by atoms with E-state index in [0.29, 0.717) is 17.8 Å². The lowest BCUT2D eigenvalue weighted by Crippen LogP contribution is -2.55. The first-order chi connectivity index (χ1) is 9.31. The third kappa shape index (κ3) is 3.97. The molecular weight excluding hydrogens is 250 g/mol. The summed E-state index contributed by atoms with van der Waals surface area (Å²) in [5.74, 6) is -0.146. The van der Waals surface area contributed by atoms with Crippen molar-refractivity contribution in [2.45, 2.75) is 65.7 Å². The van der Waals surface area contributed by atoms with Gasteiger partial charge < -0.3 is 10.0 Å². The standard InChI is InChI=1S/C17H31NO2/c1-16(2,3)14(6-7-15(19)20)8-11-18-12-17(13-18)9-4-5-10-17/h14H,4-13H2,1-3H3,(H,19,20). The molecule has 2 aliphatic rings. The molecule has 0 aromatic rings. The third-order valence-electron chi connectivity index (χ3n) is 5.51. The number of aliphatic carboxylic acids is 1. The maximum atomic E-state index is 10.8. The highest BCUT2D eigenvalue weighted by atomic mass is 16.4. The van der Waals surface area contributed by atoms with Crippen LogP contribution in [0.25, 0.3) is 0 Å². The molecule has 0 amide bonds. The summed E-state index contributed by atoms with van der Waals surface area (Å²) in [6.45, 7) is 10.5. The van der Waals surface area contributed by atoms with Gasteiger partial charge in [-0.15, -0.1) is 0 Å². The third-order valence-corrected chi connectivity index (χ3v) is 5.51. The molecule has 1 heterocycles. The van der Waals surface area contributed by atoms with E-state index in [4.69, 9.17) is 5.11 Å². The molecule has 0 radical (unpaired) electrons. The van der Waals surface area contributed by atoms with Crippen LogP contribution >= 0.6 is 0 Å². The van der Waals surface area contributed by atoms with Crippen molar-refractivity contribution in [3.63, 3.8) is 0 Å². The average molecular weight is 281 g/mol. The van der Waals surface area contributed by atoms with Crippen molar-refractivity contribution in [1.82, 2.24) is 4.90 Å². The van der Waals surface area contributed by atoms with E-state index >= 15 is 0 Å². The van der Waals surface area contributed by atoms with E-state index in [0.717, 1.165) is 19.4 Å². The van der Waals surface area contributed by atoms with Crippen LogP contribution in [0.15, 0.2) is 0 Å². The van der Waals surface area contributed by atoms with Gasteiger partial charge in [-0.3, -0.25) is 4.79 Å². The van der Waals surface area contributed by atoms with E-state index in [1.165, 1.54) is 38.8 Å². The smallest absolute Gasteiger partial charge is 0.303 e. The van der Waals surface area contributed by atoms with Crippen LogP contribution in [0, 0.1) is 16.7 Å². The second-order valence-electron chi connectivity index (χ2n) is 8.20. The number of carbonyl (C=O) groups is 1. The van der Waals surface area contributed by atoms with Crippen LogP contribution in [0.4, 0.5) is 0 Å². The van der Waals surface area contributed by atoms with Crippen LogP contribution in [0.5, 0.6) is 0 Å². The first-order valence-electron chi connectivity index (χ1n) is 8.25. The molecule has 1 atom stereocenters. The van der Waals surface area contributed by atoms with E-state index < -0.39 is 5.97 Å². The summed E-state index contributed by atoms with van der Waals surface area (Å²) in [6.07, 6.45) is 8.00. The molecule has 1 aliphatic heterocycles. The maximum Gasteiger partial charge on any atom is 0.303 e. The topological polar surface area (TPSA) is 40.5 Å². The average Bonchev–Trinajstić information content (AvgIpc) is 2.74. The number of carboxylic acids is 1. The lowest BCUT2D eigenvalue weighted by Gasteiger charge is -2.49. The fourth-order valence-corrected chi connectivity index (χ4v) is 4.15. The Kier molecular flexibility index (Phi) is 4.78. The van der Waals surface area contributed by atoms with Gasteiger partial charge in [0.15, 0.2) is 0 Å². The molecule has 2 fully saturated rings. The molecule has 1 N–H and O–H groups in total. The fourth-order valence-electron chi connectivity index (χ4n) is 4.15. The Morgan fingerprint density at radius 2 is 1.80 bits per heavy atom. The first kappa shape index (κ1) is 15.8. The number of likely N-dealkylation sites (tertiary alicyclic amines) is 1. The number of carboxylic acid groups (broad SMARTS) is 1. The van der Waals surface area contributed by atoms with Crippen molar-refractivity contribution in [3.05, 3.63) is 0 Å². The van der Waals surface area contributed by atoms with E-state index in [2.05, 4.69) is 25.7 Å². The van der Waals surface area contributed by atoms with Crippen LogP contribution in [0.2, 0.25) is 0 Å². The van der Waals surface area contributed by atoms with Crippen molar-refractivity contribution < 1.29 is 9.90 Å². The number of hydrogen-bond donors (Lipinski definition) is 1. The normalized spacial score (nSPS) is 23.8. The van der Waals surface area contributed by atoms with Gasteiger partial charge in [0.25, 0.3) is 0 Å². The molecule has 0 aromatic carbocycles. The zero-order valence-corrected chi connectivity index (χ0v) is 13.5. The Morgan fingerprint density at radius 3 is 2.30 bits per heavy atom. The van der Waals surface area contributed by atoms with Crippen LogP contribution in [-0.2, 0) is 4.79 Å². The highest BCUT2D eigenvalue weighted by molar-refractivity contribution is 5.66. The Hall–Kier alpha value is -0.570. The van der Waals surface area contributed by atoms with Crippen LogP contribution < -0.4 is 0 Å². The van der Waals surface area contributed by atoms with Gasteiger partial charge in [0.1, 0.15) is 0 Å². The molecular formula is C17H31NO2. The molecule has 0 bridgehead atoms. The minimum atomic E-state index is -0.659. The van der Waals surface area contributed by atoms with Crippen molar-refractivity contribution in [2.24, 2.45) is 16.7 Å². The monoisotopic (exact) mass is 281 g/mol. The van der Waals surface area contributed by atoms with E-state index in [9.17, 15) is 4.79 Å². The zero-order chi connectivity index (χ0) is 14.8. The molecule has 0 aromatic heterocycles. The Labute approximate surface area is 123 Å². The van der Waals surface area contributed by atoms with Gasteiger partial charge in [-0.25, -0.2) is 0 Å². The molecule has 2 rings (SSSR count). The number of hydrogen-bond acceptors (Lipinski definition) is 2. The van der Waals surface area contributed by atoms with Gasteiger partial charge in [0, 0.05) is 19.5 Å². The van der Waals surface area contributed by atoms with Crippen molar-refractivity contribution in [1.29, 1.82) is 0 Å². The number of rotatable bonds is 6. The summed E-state index contributed by atoms with van der Waals surface area (Å²) in [4.78, 5) is 13.4. The van der Waals surface area contributed by atoms with E-state index in [-0.39, 0.29) is 5.41 Å². The summed E-state index contributed by atoms with van der Waals surface area (Å²) in [6, 6.07) is 0. The first-order valence-corrected chi connectivity index (χ1v) is 8.25. The highest BCUT2D eigenvalue weighted by Crippen LogP contribution is 2.45. The summed E-state index contributed by atoms with van der Waals surface area (Å²) in [5.41, 5.74) is 0.893. The lowest BCUT2D eigenvalue weighted by atomic mass is 9.74. The molecule has 1 spiro atoms. The van der Waals surface area contributed by atoms with Gasteiger partial charge >= 0.3 is 5.97 Å². The Bertz CT molecular complexity index is 331. The molecule has 1 aliphatic carbocycles. The predicted octanol–water partition coefficient (Wildman–Crippen LogP) is 3.78. The SMILES string of the molecule is CC(C)(C)C(CCC(=O)O)CCN1CC2(CCCC2)C1. The second kappa shape index (κ2) is 6.05. The van der Waals surface area contributed by atoms with Gasteiger partial charge in [0.05, 0.1) is 0 Å². The molecule has 20 heavy (non-hydrogen) atoms. The Morgan fingerprint density at radius 1 is 1.20 bits per heavy atom. The molecule has 3 nitrogen and oxygen atoms in total. The predicted molar refractivity (Wildman–Crippen MR) is 81.8 cm³/mol. The fraction of sp³-hybridized carbons (Fsp3) is 0.941. The van der Waals surface area contributed by atoms with Gasteiger partial charge in [0.2, 0.25) is 0 Å². The molecule has 1 saturated carbocycles. The minimum absolute atomic E-state index is 0.214. The van der Waals surface area contributed by atoms with E-state index in [1.807, 2.05) is 0 Å². The minimum Gasteiger partial charge on any atom is -0.481 e. The Balaban J connectivity index is 1.73. The van der Waals surface area contributed by atoms with Gasteiger partial charge in [-0.1, -0.05) is 33.6 Å². The lowest BCUT2D eigenvalue weighted by molar-refractivity contribution is -0.137. The summed E-state index contributed by atoms with van der Waals surface area (Å²) in [7, 11) is 0. The zero-order valence-electron chi connectivity index (χ0n) is 13.5. The van der Waals surface area contributed by atoms with Gasteiger partial charge in [-0.05, 0) is 49.0 Å². The van der Waals surface area contributed by atoms with Crippen molar-refractivity contribution in [2.75, 3.05) is 19.6 Å². The summed E-state index contributed by atoms with van der Waals surface area (Å²) < 4.78 is 0. The number of nitrogens with zero attached hydrogens (tertiary/aromatic N) is 1. The molecule has 1 unspecified atom stereocenters. The van der Waals surface area contributed by atoms with Crippen LogP contribution in [0.3, 0.4) is 0 Å². The van der Waals surface area contributed by atoms with E-state index in [1.54, 1.807) is 0 Å². The van der Waals surface area contributed by atoms with Crippen molar-refractivity contribution in [3.8, 4) is 0 Å². The second-order valence-corrected chi connectivity index (χ2v) is 8.20. The van der Waals surface area contributed by atoms with Crippen LogP contribution in [-0.4, -0.2) is 35.6 Å². The summed E-state index contributed by atoms with van der Waals surface area (Å²) in [5, 5.41) is 8.89. The molecule has 1 saturated heterocycles.